The van der Waals surface area contributed by atoms with Crippen LogP contribution in [0.1, 0.15) is 41.5 Å². The summed E-state index contributed by atoms with van der Waals surface area (Å²) in [6.45, 7) is 7.46. The second kappa shape index (κ2) is 11.5. The summed E-state index contributed by atoms with van der Waals surface area (Å²) in [6.07, 6.45) is 4.34. The van der Waals surface area contributed by atoms with E-state index in [1.54, 1.807) is 25.6 Å². The topological polar surface area (TPSA) is 63.7 Å². The molecule has 3 aromatic rings. The Bertz CT molecular complexity index is 1180. The predicted molar refractivity (Wildman–Crippen MR) is 143 cm³/mol. The third kappa shape index (κ3) is 6.29. The summed E-state index contributed by atoms with van der Waals surface area (Å²) in [5.41, 5.74) is 3.20. The molecule has 1 N–H and O–H groups in total. The van der Waals surface area contributed by atoms with Crippen molar-refractivity contribution < 1.29 is 14.3 Å². The molecule has 1 amide bonds. The number of ether oxygens (including phenoxy) is 2. The number of likely N-dealkylation sites (tertiary alicyclic amines) is 1. The lowest BCUT2D eigenvalue weighted by atomic mass is 9.99. The van der Waals surface area contributed by atoms with Crippen LogP contribution in [0, 0.1) is 12.8 Å². The van der Waals surface area contributed by atoms with Gasteiger partial charge < -0.3 is 9.47 Å². The standard InChI is InChI=1S/C28H33N3O3S/c1-19-12-14-31(15-13-19)18-26-20(2)29-28(35-26)30-27(32)23(22-8-6-5-7-9-22)16-21-10-11-24(33-3)25(17-21)34-4/h5-11,16-17,19H,12-15,18H2,1-4H3,(H,29,30,32)/b23-16+. The number of rotatable bonds is 8. The van der Waals surface area contributed by atoms with Crippen LogP contribution in [0.5, 0.6) is 11.5 Å². The molecule has 0 saturated carbocycles. The first-order valence-electron chi connectivity index (χ1n) is 12.0. The number of piperidine rings is 1. The minimum absolute atomic E-state index is 0.196. The lowest BCUT2D eigenvalue weighted by Gasteiger charge is -2.29. The monoisotopic (exact) mass is 491 g/mol. The minimum Gasteiger partial charge on any atom is -0.493 e. The van der Waals surface area contributed by atoms with Crippen LogP contribution in [-0.4, -0.2) is 43.1 Å². The molecule has 0 unspecified atom stereocenters. The Labute approximate surface area is 211 Å². The maximum absolute atomic E-state index is 13.5. The molecule has 1 fully saturated rings. The van der Waals surface area contributed by atoms with E-state index in [4.69, 9.17) is 9.47 Å². The van der Waals surface area contributed by atoms with E-state index in [1.807, 2.05) is 61.5 Å². The lowest BCUT2D eigenvalue weighted by Crippen LogP contribution is -2.32. The third-order valence-corrected chi connectivity index (χ3v) is 7.46. The molecule has 6 nitrogen and oxygen atoms in total. The van der Waals surface area contributed by atoms with Gasteiger partial charge in [-0.25, -0.2) is 4.98 Å². The number of benzene rings is 2. The molecule has 1 aliphatic rings. The lowest BCUT2D eigenvalue weighted by molar-refractivity contribution is -0.111. The first-order valence-corrected chi connectivity index (χ1v) is 12.8. The fourth-order valence-corrected chi connectivity index (χ4v) is 5.22. The number of aryl methyl sites for hydroxylation is 1. The number of anilines is 1. The summed E-state index contributed by atoms with van der Waals surface area (Å²) < 4.78 is 10.8. The van der Waals surface area contributed by atoms with Gasteiger partial charge in [-0.2, -0.15) is 0 Å². The van der Waals surface area contributed by atoms with Crippen molar-refractivity contribution in [3.05, 3.63) is 70.2 Å². The van der Waals surface area contributed by atoms with Gasteiger partial charge in [0.05, 0.1) is 19.9 Å². The van der Waals surface area contributed by atoms with Crippen molar-refractivity contribution in [2.45, 2.75) is 33.2 Å². The fraction of sp³-hybridized carbons (Fsp3) is 0.357. The Morgan fingerprint density at radius 3 is 2.51 bits per heavy atom. The van der Waals surface area contributed by atoms with Gasteiger partial charge in [0.25, 0.3) is 5.91 Å². The van der Waals surface area contributed by atoms with Crippen LogP contribution in [0.15, 0.2) is 48.5 Å². The van der Waals surface area contributed by atoms with Gasteiger partial charge in [-0.05, 0) is 68.1 Å². The normalized spacial score (nSPS) is 15.1. The Morgan fingerprint density at radius 1 is 1.11 bits per heavy atom. The number of hydrogen-bond donors (Lipinski definition) is 1. The molecule has 7 heteroatoms. The molecule has 1 aromatic heterocycles. The number of methoxy groups -OCH3 is 2. The average Bonchev–Trinajstić information content (AvgIpc) is 3.22. The van der Waals surface area contributed by atoms with Crippen molar-refractivity contribution in [1.82, 2.24) is 9.88 Å². The number of nitrogens with one attached hydrogen (secondary N) is 1. The minimum atomic E-state index is -0.196. The molecule has 4 rings (SSSR count). The van der Waals surface area contributed by atoms with E-state index in [2.05, 4.69) is 22.1 Å². The van der Waals surface area contributed by atoms with Gasteiger partial charge in [-0.15, -0.1) is 11.3 Å². The highest BCUT2D eigenvalue weighted by Gasteiger charge is 2.20. The average molecular weight is 492 g/mol. The van der Waals surface area contributed by atoms with Crippen molar-refractivity contribution >= 4 is 34.0 Å². The third-order valence-electron chi connectivity index (χ3n) is 6.40. The van der Waals surface area contributed by atoms with Gasteiger partial charge in [0.2, 0.25) is 0 Å². The van der Waals surface area contributed by atoms with Crippen LogP contribution >= 0.6 is 11.3 Å². The molecule has 1 saturated heterocycles. The van der Waals surface area contributed by atoms with Gasteiger partial charge >= 0.3 is 0 Å². The molecule has 1 aliphatic heterocycles. The second-order valence-electron chi connectivity index (χ2n) is 8.98. The summed E-state index contributed by atoms with van der Waals surface area (Å²) in [5.74, 6) is 1.86. The zero-order valence-corrected chi connectivity index (χ0v) is 21.7. The van der Waals surface area contributed by atoms with E-state index >= 15 is 0 Å². The van der Waals surface area contributed by atoms with Crippen LogP contribution in [0.4, 0.5) is 5.13 Å². The molecule has 2 heterocycles. The SMILES string of the molecule is COc1ccc(/C=C(/C(=O)Nc2nc(C)c(CN3CCC(C)CC3)s2)c2ccccc2)cc1OC. The molecule has 184 valence electrons. The van der Waals surface area contributed by atoms with Crippen LogP contribution < -0.4 is 14.8 Å². The molecule has 0 atom stereocenters. The molecule has 0 bridgehead atoms. The summed E-state index contributed by atoms with van der Waals surface area (Å²) in [7, 11) is 3.20. The number of thiazole rings is 1. The highest BCUT2D eigenvalue weighted by molar-refractivity contribution is 7.15. The summed E-state index contributed by atoms with van der Waals surface area (Å²) in [6, 6.07) is 15.3. The van der Waals surface area contributed by atoms with Gasteiger partial charge in [0, 0.05) is 17.0 Å². The van der Waals surface area contributed by atoms with E-state index in [0.717, 1.165) is 42.4 Å². The summed E-state index contributed by atoms with van der Waals surface area (Å²) in [4.78, 5) is 21.8. The summed E-state index contributed by atoms with van der Waals surface area (Å²) in [5, 5.41) is 3.67. The van der Waals surface area contributed by atoms with E-state index in [-0.39, 0.29) is 5.91 Å². The molecule has 0 radical (unpaired) electrons. The van der Waals surface area contributed by atoms with Crippen LogP contribution in [0.2, 0.25) is 0 Å². The Balaban J connectivity index is 1.56. The van der Waals surface area contributed by atoms with Crippen molar-refractivity contribution in [3.63, 3.8) is 0 Å². The molecule has 0 aliphatic carbocycles. The van der Waals surface area contributed by atoms with Gasteiger partial charge in [-0.1, -0.05) is 43.3 Å². The molecular formula is C28H33N3O3S. The first-order chi connectivity index (χ1) is 17.0. The van der Waals surface area contributed by atoms with Crippen molar-refractivity contribution in [3.8, 4) is 11.5 Å². The number of amides is 1. The van der Waals surface area contributed by atoms with Crippen LogP contribution in [0.3, 0.4) is 0 Å². The molecule has 35 heavy (non-hydrogen) atoms. The number of carbonyl (C=O) groups is 1. The Kier molecular flexibility index (Phi) is 8.21. The Hall–Kier alpha value is -3.16. The van der Waals surface area contributed by atoms with Crippen molar-refractivity contribution in [2.75, 3.05) is 32.6 Å². The first kappa shape index (κ1) is 24.9. The fourth-order valence-electron chi connectivity index (χ4n) is 4.22. The smallest absolute Gasteiger partial charge is 0.258 e. The number of hydrogen-bond acceptors (Lipinski definition) is 6. The van der Waals surface area contributed by atoms with Crippen molar-refractivity contribution in [2.24, 2.45) is 5.92 Å². The zero-order chi connectivity index (χ0) is 24.8. The van der Waals surface area contributed by atoms with E-state index < -0.39 is 0 Å². The van der Waals surface area contributed by atoms with Gasteiger partial charge in [0.1, 0.15) is 0 Å². The Morgan fingerprint density at radius 2 is 1.83 bits per heavy atom. The van der Waals surface area contributed by atoms with E-state index in [9.17, 15) is 4.79 Å². The summed E-state index contributed by atoms with van der Waals surface area (Å²) >= 11 is 1.56. The number of carbonyl (C=O) groups excluding carboxylic acids is 1. The zero-order valence-electron chi connectivity index (χ0n) is 20.8. The highest BCUT2D eigenvalue weighted by atomic mass is 32.1. The highest BCUT2D eigenvalue weighted by Crippen LogP contribution is 2.31. The van der Waals surface area contributed by atoms with E-state index in [1.165, 1.54) is 17.7 Å². The second-order valence-corrected chi connectivity index (χ2v) is 10.1. The van der Waals surface area contributed by atoms with Gasteiger partial charge in [0.15, 0.2) is 16.6 Å². The molecular weight excluding hydrogens is 458 g/mol. The largest absolute Gasteiger partial charge is 0.493 e. The van der Waals surface area contributed by atoms with Crippen molar-refractivity contribution in [1.29, 1.82) is 0 Å². The molecule has 0 spiro atoms. The maximum Gasteiger partial charge on any atom is 0.258 e. The quantitative estimate of drug-likeness (QED) is 0.315. The predicted octanol–water partition coefficient (Wildman–Crippen LogP) is 5.88. The van der Waals surface area contributed by atoms with E-state index in [0.29, 0.717) is 22.2 Å². The molecule has 2 aromatic carbocycles. The maximum atomic E-state index is 13.5. The van der Waals surface area contributed by atoms with Crippen LogP contribution in [-0.2, 0) is 11.3 Å². The van der Waals surface area contributed by atoms with Gasteiger partial charge in [-0.3, -0.25) is 15.0 Å². The number of aromatic nitrogens is 1. The van der Waals surface area contributed by atoms with Crippen LogP contribution in [0.25, 0.3) is 11.6 Å². The number of nitrogens with zero attached hydrogens (tertiary/aromatic N) is 2.